The van der Waals surface area contributed by atoms with Gasteiger partial charge in [-0.2, -0.15) is 8.42 Å². The Balaban J connectivity index is 1.51. The molecule has 1 amide bonds. The van der Waals surface area contributed by atoms with Crippen LogP contribution in [0.25, 0.3) is 4.91 Å². The molecule has 6 nitrogen and oxygen atoms in total. The average molecular weight is 448 g/mol. The summed E-state index contributed by atoms with van der Waals surface area (Å²) in [6.45, 7) is 4.01. The normalized spacial score (nSPS) is 19.1. The number of sulfonamides is 1. The van der Waals surface area contributed by atoms with Gasteiger partial charge < -0.3 is 9.80 Å². The highest BCUT2D eigenvalue weighted by molar-refractivity contribution is 8.00. The summed E-state index contributed by atoms with van der Waals surface area (Å²) < 4.78 is 42.7. The van der Waals surface area contributed by atoms with Crippen LogP contribution in [0.5, 0.6) is 0 Å². The SMILES string of the molecule is CC1=C(c2ccc(F)cc2)S(=O)(=O)N=C1N1CCCN(C(=O)Cc2cccs2)CC1. The lowest BCUT2D eigenvalue weighted by molar-refractivity contribution is -0.130. The van der Waals surface area contributed by atoms with Gasteiger partial charge in [0.2, 0.25) is 5.91 Å². The second-order valence-corrected chi connectivity index (χ2v) is 9.90. The standard InChI is InChI=1S/C21H22FN3O3S2/c1-15-20(16-5-7-17(22)8-6-16)30(27,28)23-21(15)25-10-3-9-24(11-12-25)19(26)14-18-4-2-13-29-18/h2,4-8,13H,3,9-12,14H2,1H3. The zero-order valence-corrected chi connectivity index (χ0v) is 18.2. The van der Waals surface area contributed by atoms with Crippen molar-refractivity contribution in [3.63, 3.8) is 0 Å². The summed E-state index contributed by atoms with van der Waals surface area (Å²) in [5, 5.41) is 1.96. The van der Waals surface area contributed by atoms with Crippen LogP contribution < -0.4 is 0 Å². The second kappa shape index (κ2) is 8.31. The molecule has 9 heteroatoms. The molecule has 1 saturated heterocycles. The van der Waals surface area contributed by atoms with E-state index in [0.717, 1.165) is 11.3 Å². The highest BCUT2D eigenvalue weighted by atomic mass is 32.2. The Morgan fingerprint density at radius 2 is 1.90 bits per heavy atom. The largest absolute Gasteiger partial charge is 0.354 e. The first-order valence-electron chi connectivity index (χ1n) is 9.72. The monoisotopic (exact) mass is 447 g/mol. The number of hydrogen-bond donors (Lipinski definition) is 0. The van der Waals surface area contributed by atoms with Crippen molar-refractivity contribution in [1.82, 2.24) is 9.80 Å². The molecule has 0 radical (unpaired) electrons. The number of rotatable bonds is 3. The molecule has 30 heavy (non-hydrogen) atoms. The average Bonchev–Trinajstić information content (AvgIpc) is 3.19. The lowest BCUT2D eigenvalue weighted by atomic mass is 10.1. The molecule has 158 valence electrons. The van der Waals surface area contributed by atoms with Gasteiger partial charge in [0.1, 0.15) is 16.6 Å². The van der Waals surface area contributed by atoms with Crippen molar-refractivity contribution in [3.05, 3.63) is 63.6 Å². The fraction of sp³-hybridized carbons (Fsp3) is 0.333. The number of hydrogen-bond acceptors (Lipinski definition) is 5. The molecule has 2 aromatic rings. The Labute approximate surface area is 179 Å². The third-order valence-corrected chi connectivity index (χ3v) is 7.65. The van der Waals surface area contributed by atoms with Crippen LogP contribution in [0.4, 0.5) is 4.39 Å². The zero-order chi connectivity index (χ0) is 21.3. The first kappa shape index (κ1) is 20.7. The fourth-order valence-electron chi connectivity index (χ4n) is 3.84. The number of carbonyl (C=O) groups excluding carboxylic acids is 1. The molecular weight excluding hydrogens is 425 g/mol. The van der Waals surface area contributed by atoms with Crippen LogP contribution in [0.3, 0.4) is 0 Å². The van der Waals surface area contributed by atoms with Crippen molar-refractivity contribution in [2.75, 3.05) is 26.2 Å². The second-order valence-electron chi connectivity index (χ2n) is 7.33. The number of amides is 1. The van der Waals surface area contributed by atoms with E-state index in [4.69, 9.17) is 0 Å². The smallest absolute Gasteiger partial charge is 0.285 e. The van der Waals surface area contributed by atoms with Crippen LogP contribution in [0.15, 0.2) is 51.7 Å². The fourth-order valence-corrected chi connectivity index (χ4v) is 6.02. The molecule has 2 aliphatic rings. The first-order valence-corrected chi connectivity index (χ1v) is 12.0. The van der Waals surface area contributed by atoms with Gasteiger partial charge in [-0.25, -0.2) is 4.39 Å². The molecule has 0 spiro atoms. The summed E-state index contributed by atoms with van der Waals surface area (Å²) in [4.78, 5) is 17.6. The molecule has 0 aliphatic carbocycles. The minimum atomic E-state index is -3.85. The van der Waals surface area contributed by atoms with E-state index in [9.17, 15) is 17.6 Å². The minimum absolute atomic E-state index is 0.0829. The summed E-state index contributed by atoms with van der Waals surface area (Å²) in [5.41, 5.74) is 0.982. The summed E-state index contributed by atoms with van der Waals surface area (Å²) >= 11 is 1.57. The number of benzene rings is 1. The van der Waals surface area contributed by atoms with Gasteiger partial charge in [0.25, 0.3) is 10.0 Å². The van der Waals surface area contributed by atoms with Gasteiger partial charge in [0.15, 0.2) is 0 Å². The molecule has 4 rings (SSSR count). The van der Waals surface area contributed by atoms with Gasteiger partial charge in [-0.3, -0.25) is 4.79 Å². The Kier molecular flexibility index (Phi) is 5.75. The van der Waals surface area contributed by atoms with Crippen LogP contribution in [0.1, 0.15) is 23.8 Å². The Bertz CT molecular complexity index is 1110. The highest BCUT2D eigenvalue weighted by Gasteiger charge is 2.34. The van der Waals surface area contributed by atoms with E-state index in [-0.39, 0.29) is 10.8 Å². The third-order valence-electron chi connectivity index (χ3n) is 5.30. The predicted octanol–water partition coefficient (Wildman–Crippen LogP) is 3.14. The van der Waals surface area contributed by atoms with Gasteiger partial charge >= 0.3 is 0 Å². The van der Waals surface area contributed by atoms with Crippen molar-refractivity contribution >= 4 is 38.0 Å². The Morgan fingerprint density at radius 1 is 1.13 bits per heavy atom. The third kappa shape index (κ3) is 4.17. The lowest BCUT2D eigenvalue weighted by Gasteiger charge is -2.23. The van der Waals surface area contributed by atoms with Crippen molar-refractivity contribution < 1.29 is 17.6 Å². The summed E-state index contributed by atoms with van der Waals surface area (Å²) in [5.74, 6) is 0.0785. The molecule has 0 bridgehead atoms. The minimum Gasteiger partial charge on any atom is -0.354 e. The van der Waals surface area contributed by atoms with E-state index >= 15 is 0 Å². The van der Waals surface area contributed by atoms with Crippen molar-refractivity contribution in [3.8, 4) is 0 Å². The molecule has 3 heterocycles. The van der Waals surface area contributed by atoms with E-state index in [1.807, 2.05) is 27.3 Å². The van der Waals surface area contributed by atoms with Gasteiger partial charge in [0, 0.05) is 36.6 Å². The van der Waals surface area contributed by atoms with Crippen molar-refractivity contribution in [2.45, 2.75) is 19.8 Å². The molecule has 1 fully saturated rings. The maximum atomic E-state index is 13.3. The number of halogens is 1. The molecule has 0 unspecified atom stereocenters. The van der Waals surface area contributed by atoms with E-state index in [1.165, 1.54) is 24.3 Å². The van der Waals surface area contributed by atoms with E-state index in [2.05, 4.69) is 4.40 Å². The van der Waals surface area contributed by atoms with E-state index in [0.29, 0.717) is 49.6 Å². The van der Waals surface area contributed by atoms with Crippen LogP contribution in [0.2, 0.25) is 0 Å². The molecule has 1 aromatic carbocycles. The van der Waals surface area contributed by atoms with Crippen LogP contribution in [0, 0.1) is 5.82 Å². The quantitative estimate of drug-likeness (QED) is 0.725. The molecule has 0 atom stereocenters. The number of thiophene rings is 1. The number of nitrogens with zero attached hydrogens (tertiary/aromatic N) is 3. The van der Waals surface area contributed by atoms with Gasteiger partial charge in [0.05, 0.1) is 6.42 Å². The molecular formula is C21H22FN3O3S2. The lowest BCUT2D eigenvalue weighted by Crippen LogP contribution is -2.37. The number of amidine groups is 1. The summed E-state index contributed by atoms with van der Waals surface area (Å²) in [6.07, 6.45) is 1.12. The van der Waals surface area contributed by atoms with E-state index < -0.39 is 15.8 Å². The molecule has 0 saturated carbocycles. The number of carbonyl (C=O) groups is 1. The van der Waals surface area contributed by atoms with Gasteiger partial charge in [-0.05, 0) is 42.5 Å². The Morgan fingerprint density at radius 3 is 2.60 bits per heavy atom. The van der Waals surface area contributed by atoms with Crippen LogP contribution >= 0.6 is 11.3 Å². The van der Waals surface area contributed by atoms with E-state index in [1.54, 1.807) is 18.3 Å². The maximum absolute atomic E-state index is 13.3. The van der Waals surface area contributed by atoms with Crippen LogP contribution in [-0.4, -0.2) is 56.1 Å². The van der Waals surface area contributed by atoms with Gasteiger partial charge in [-0.15, -0.1) is 15.7 Å². The van der Waals surface area contributed by atoms with Crippen molar-refractivity contribution in [1.29, 1.82) is 0 Å². The van der Waals surface area contributed by atoms with Gasteiger partial charge in [-0.1, -0.05) is 18.2 Å². The maximum Gasteiger partial charge on any atom is 0.285 e. The topological polar surface area (TPSA) is 70.1 Å². The first-order chi connectivity index (χ1) is 14.3. The predicted molar refractivity (Wildman–Crippen MR) is 116 cm³/mol. The highest BCUT2D eigenvalue weighted by Crippen LogP contribution is 2.33. The van der Waals surface area contributed by atoms with Crippen LogP contribution in [-0.2, 0) is 21.2 Å². The summed E-state index contributed by atoms with van der Waals surface area (Å²) in [6, 6.07) is 9.29. The zero-order valence-electron chi connectivity index (χ0n) is 16.5. The molecule has 2 aliphatic heterocycles. The Hall–Kier alpha value is -2.52. The summed E-state index contributed by atoms with van der Waals surface area (Å²) in [7, 11) is -3.85. The molecule has 1 aromatic heterocycles. The molecule has 0 N–H and O–H groups in total. The van der Waals surface area contributed by atoms with Crippen molar-refractivity contribution in [2.24, 2.45) is 4.40 Å².